The molecule has 0 N–H and O–H groups in total. The smallest absolute Gasteiger partial charge is 0.318 e. The van der Waals surface area contributed by atoms with Crippen molar-refractivity contribution >= 4 is 28.2 Å². The van der Waals surface area contributed by atoms with Crippen molar-refractivity contribution in [1.29, 1.82) is 0 Å². The monoisotopic (exact) mass is 610 g/mol. The van der Waals surface area contributed by atoms with Gasteiger partial charge in [-0.05, 0) is 56.2 Å². The minimum Gasteiger partial charge on any atom is -0.461 e. The summed E-state index contributed by atoms with van der Waals surface area (Å²) in [7, 11) is 0. The third kappa shape index (κ3) is 6.75. The highest BCUT2D eigenvalue weighted by molar-refractivity contribution is 5.97. The van der Waals surface area contributed by atoms with E-state index in [0.29, 0.717) is 38.8 Å². The molecule has 3 aliphatic heterocycles. The number of anilines is 2. The molecule has 0 aliphatic carbocycles. The molecule has 2 saturated heterocycles. The molecule has 236 valence electrons. The summed E-state index contributed by atoms with van der Waals surface area (Å²) in [5.41, 5.74) is 4.49. The molecule has 1 amide bonds. The number of nitrogens with zero attached hydrogens (tertiary/aromatic N) is 6. The summed E-state index contributed by atoms with van der Waals surface area (Å²) in [6.45, 7) is 20.4. The van der Waals surface area contributed by atoms with Crippen LogP contribution in [0, 0.1) is 13.5 Å². The minimum absolute atomic E-state index is 0.122. The summed E-state index contributed by atoms with van der Waals surface area (Å²) in [4.78, 5) is 32.5. The Kier molecular flexibility index (Phi) is 9.47. The van der Waals surface area contributed by atoms with E-state index in [2.05, 4.69) is 64.5 Å². The number of amides is 1. The number of hydrogen-bond donors (Lipinski definition) is 0. The molecule has 2 aromatic carbocycles. The molecule has 0 unspecified atom stereocenters. The summed E-state index contributed by atoms with van der Waals surface area (Å²) < 4.78 is 17.9. The molecule has 4 heterocycles. The van der Waals surface area contributed by atoms with Gasteiger partial charge >= 0.3 is 6.01 Å². The summed E-state index contributed by atoms with van der Waals surface area (Å²) >= 11 is 0. The van der Waals surface area contributed by atoms with Crippen molar-refractivity contribution in [3.05, 3.63) is 77.3 Å². The normalized spacial score (nSPS) is 19.6. The Labute approximate surface area is 265 Å². The second-order valence-corrected chi connectivity index (χ2v) is 12.1. The van der Waals surface area contributed by atoms with Crippen molar-refractivity contribution in [3.63, 3.8) is 0 Å². The maximum absolute atomic E-state index is 12.6. The predicted molar refractivity (Wildman–Crippen MR) is 175 cm³/mol. The number of carbonyl (C=O) groups is 1. The fraction of sp³-hybridized carbons (Fsp3) is 0.486. The van der Waals surface area contributed by atoms with Crippen LogP contribution in [0.5, 0.6) is 6.01 Å². The quantitative estimate of drug-likeness (QED) is 0.257. The molecular formula is C35H42N6O4. The van der Waals surface area contributed by atoms with Gasteiger partial charge in [0.15, 0.2) is 0 Å². The Balaban J connectivity index is 1.29. The number of benzene rings is 2. The van der Waals surface area contributed by atoms with Crippen LogP contribution in [-0.4, -0.2) is 91.6 Å². The molecule has 0 saturated carbocycles. The van der Waals surface area contributed by atoms with Crippen LogP contribution in [-0.2, 0) is 27.2 Å². The van der Waals surface area contributed by atoms with Gasteiger partial charge in [0.2, 0.25) is 12.5 Å². The summed E-state index contributed by atoms with van der Waals surface area (Å²) in [6, 6.07) is 13.0. The molecule has 0 bridgehead atoms. The molecule has 1 aromatic heterocycles. The SMILES string of the molecule is [C-]#[N+]C[C@H]1CN(c2nc(OC[C@H](C)OC3CCOCC3)nc3c2CCN(c2cccc4cccc(C)c24)C3)CCN1C(=O)C=C. The first-order valence-electron chi connectivity index (χ1n) is 16.0. The van der Waals surface area contributed by atoms with Crippen LogP contribution < -0.4 is 14.5 Å². The molecule has 2 fully saturated rings. The summed E-state index contributed by atoms with van der Waals surface area (Å²) in [5.74, 6) is 0.694. The van der Waals surface area contributed by atoms with E-state index < -0.39 is 0 Å². The fourth-order valence-electron chi connectivity index (χ4n) is 6.78. The number of fused-ring (bicyclic) bond motifs is 2. The lowest BCUT2D eigenvalue weighted by atomic mass is 9.99. The van der Waals surface area contributed by atoms with E-state index in [1.54, 1.807) is 4.90 Å². The molecule has 3 aromatic rings. The Morgan fingerprint density at radius 3 is 2.73 bits per heavy atom. The Morgan fingerprint density at radius 1 is 1.16 bits per heavy atom. The summed E-state index contributed by atoms with van der Waals surface area (Å²) in [6.07, 6.45) is 3.93. The Morgan fingerprint density at radius 2 is 1.96 bits per heavy atom. The first kappa shape index (κ1) is 30.8. The molecule has 10 nitrogen and oxygen atoms in total. The van der Waals surface area contributed by atoms with Crippen LogP contribution >= 0.6 is 0 Å². The van der Waals surface area contributed by atoms with E-state index >= 15 is 0 Å². The van der Waals surface area contributed by atoms with E-state index in [-0.39, 0.29) is 30.7 Å². The number of ether oxygens (including phenoxy) is 3. The molecule has 0 spiro atoms. The average molecular weight is 611 g/mol. The van der Waals surface area contributed by atoms with Gasteiger partial charge in [-0.15, -0.1) is 0 Å². The third-order valence-corrected chi connectivity index (χ3v) is 9.04. The molecule has 2 atom stereocenters. The standard InChI is InChI=1S/C35H42N6O4/c1-5-32(42)41-17-16-40(21-27(41)20-36-4)34-29-12-15-39(31-11-7-10-26-9-6-8-24(2)33(26)31)22-30(29)37-35(38-34)44-23-25(3)45-28-13-18-43-19-14-28/h5-11,25,27-28H,1,12-23H2,2-3H3/t25-,27-/m0/s1. The maximum Gasteiger partial charge on any atom is 0.318 e. The van der Waals surface area contributed by atoms with Gasteiger partial charge in [-0.2, -0.15) is 9.97 Å². The van der Waals surface area contributed by atoms with Gasteiger partial charge in [-0.25, -0.2) is 6.57 Å². The lowest BCUT2D eigenvalue weighted by Gasteiger charge is -2.41. The number of rotatable bonds is 9. The van der Waals surface area contributed by atoms with E-state index in [1.807, 2.05) is 6.92 Å². The zero-order chi connectivity index (χ0) is 31.3. The average Bonchev–Trinajstić information content (AvgIpc) is 3.07. The van der Waals surface area contributed by atoms with Gasteiger partial charge in [0.1, 0.15) is 18.5 Å². The molecule has 6 rings (SSSR count). The van der Waals surface area contributed by atoms with Crippen LogP contribution in [0.15, 0.2) is 49.1 Å². The molecule has 10 heteroatoms. The zero-order valence-corrected chi connectivity index (χ0v) is 26.3. The van der Waals surface area contributed by atoms with Crippen LogP contribution in [0.4, 0.5) is 11.5 Å². The lowest BCUT2D eigenvalue weighted by molar-refractivity contribution is -0.128. The van der Waals surface area contributed by atoms with Gasteiger partial charge in [-0.3, -0.25) is 4.79 Å². The Hall–Kier alpha value is -4.20. The zero-order valence-electron chi connectivity index (χ0n) is 26.3. The van der Waals surface area contributed by atoms with Crippen molar-refractivity contribution in [1.82, 2.24) is 14.9 Å². The number of piperazine rings is 1. The van der Waals surface area contributed by atoms with Gasteiger partial charge < -0.3 is 33.8 Å². The van der Waals surface area contributed by atoms with Crippen molar-refractivity contribution in [3.8, 4) is 6.01 Å². The lowest BCUT2D eigenvalue weighted by Crippen LogP contribution is -2.56. The van der Waals surface area contributed by atoms with Crippen molar-refractivity contribution in [2.45, 2.75) is 57.9 Å². The predicted octanol–water partition coefficient (Wildman–Crippen LogP) is 4.59. The highest BCUT2D eigenvalue weighted by Gasteiger charge is 2.35. The first-order valence-corrected chi connectivity index (χ1v) is 16.0. The number of carbonyl (C=O) groups excluding carboxylic acids is 1. The number of aryl methyl sites for hydroxylation is 1. The van der Waals surface area contributed by atoms with Crippen molar-refractivity contribution in [2.75, 3.05) is 62.3 Å². The van der Waals surface area contributed by atoms with Gasteiger partial charge in [0, 0.05) is 56.0 Å². The number of hydrogen-bond acceptors (Lipinski definition) is 8. The number of aromatic nitrogens is 2. The molecule has 45 heavy (non-hydrogen) atoms. The maximum atomic E-state index is 12.6. The Bertz CT molecular complexity index is 1580. The van der Waals surface area contributed by atoms with E-state index in [9.17, 15) is 4.79 Å². The van der Waals surface area contributed by atoms with E-state index in [4.69, 9.17) is 30.8 Å². The molecule has 3 aliphatic rings. The van der Waals surface area contributed by atoms with Crippen LogP contribution in [0.1, 0.15) is 36.6 Å². The molecule has 0 radical (unpaired) electrons. The topological polar surface area (TPSA) is 84.6 Å². The van der Waals surface area contributed by atoms with Crippen LogP contribution in [0.25, 0.3) is 15.6 Å². The first-order chi connectivity index (χ1) is 21.9. The van der Waals surface area contributed by atoms with Crippen LogP contribution in [0.2, 0.25) is 0 Å². The van der Waals surface area contributed by atoms with E-state index in [0.717, 1.165) is 56.1 Å². The second-order valence-electron chi connectivity index (χ2n) is 12.1. The highest BCUT2D eigenvalue weighted by atomic mass is 16.5. The summed E-state index contributed by atoms with van der Waals surface area (Å²) in [5, 5.41) is 2.49. The van der Waals surface area contributed by atoms with Crippen molar-refractivity contribution < 1.29 is 19.0 Å². The largest absolute Gasteiger partial charge is 0.461 e. The fourth-order valence-corrected chi connectivity index (χ4v) is 6.78. The van der Waals surface area contributed by atoms with Gasteiger partial charge in [0.25, 0.3) is 0 Å². The second kappa shape index (κ2) is 13.8. The molecular weight excluding hydrogens is 568 g/mol. The van der Waals surface area contributed by atoms with E-state index in [1.165, 1.54) is 28.1 Å². The van der Waals surface area contributed by atoms with Crippen LogP contribution in [0.3, 0.4) is 0 Å². The minimum atomic E-state index is -0.247. The van der Waals surface area contributed by atoms with Gasteiger partial charge in [0.05, 0.1) is 24.4 Å². The van der Waals surface area contributed by atoms with Crippen molar-refractivity contribution in [2.24, 2.45) is 0 Å². The van der Waals surface area contributed by atoms with Gasteiger partial charge in [-0.1, -0.05) is 36.9 Å². The highest BCUT2D eigenvalue weighted by Crippen LogP contribution is 2.36. The third-order valence-electron chi connectivity index (χ3n) is 9.04.